The summed E-state index contributed by atoms with van der Waals surface area (Å²) in [5.74, 6) is -0.583. The minimum atomic E-state index is -0.606. The molecule has 0 spiro atoms. The number of amides is 3. The Morgan fingerprint density at radius 1 is 0.808 bits per heavy atom. The van der Waals surface area contributed by atoms with Gasteiger partial charge in [0.2, 0.25) is 5.91 Å². The zero-order valence-electron chi connectivity index (χ0n) is 27.5. The third-order valence-corrected chi connectivity index (χ3v) is 10.5. The molecule has 1 atom stereocenters. The average Bonchev–Trinajstić information content (AvgIpc) is 3.64. The van der Waals surface area contributed by atoms with Crippen molar-refractivity contribution in [3.05, 3.63) is 165 Å². The predicted molar refractivity (Wildman–Crippen MR) is 211 cm³/mol. The summed E-state index contributed by atoms with van der Waals surface area (Å²) in [6, 6.07) is 37.7. The summed E-state index contributed by atoms with van der Waals surface area (Å²) in [5.41, 5.74) is 3.62. The molecule has 1 heterocycles. The molecule has 0 saturated carbocycles. The van der Waals surface area contributed by atoms with Crippen molar-refractivity contribution in [3.8, 4) is 17.0 Å². The Morgan fingerprint density at radius 2 is 1.50 bits per heavy atom. The number of methoxy groups -OCH3 is 1. The first-order chi connectivity index (χ1) is 25.3. The maximum Gasteiger partial charge on any atom is 0.272 e. The van der Waals surface area contributed by atoms with E-state index >= 15 is 0 Å². The second-order valence-electron chi connectivity index (χ2n) is 11.1. The van der Waals surface area contributed by atoms with Gasteiger partial charge >= 0.3 is 0 Å². The number of carbonyl (C=O) groups excluding carboxylic acids is 3. The zero-order valence-corrected chi connectivity index (χ0v) is 30.7. The Kier molecular flexibility index (Phi) is 12.1. The molecular formula is C40H30Cl2N4O4S2. The monoisotopic (exact) mass is 764 g/mol. The summed E-state index contributed by atoms with van der Waals surface area (Å²) in [7, 11) is 1.61. The van der Waals surface area contributed by atoms with Crippen molar-refractivity contribution in [1.82, 2.24) is 10.3 Å². The number of thioether (sulfide) groups is 1. The lowest BCUT2D eigenvalue weighted by molar-refractivity contribution is -0.116. The molecule has 0 aliphatic carbocycles. The minimum absolute atomic E-state index is 0.0339. The van der Waals surface area contributed by atoms with E-state index in [1.165, 1.54) is 29.2 Å². The first-order valence-corrected chi connectivity index (χ1v) is 18.4. The summed E-state index contributed by atoms with van der Waals surface area (Å²) in [6.07, 6.45) is 1.47. The number of benzene rings is 5. The largest absolute Gasteiger partial charge is 0.496 e. The van der Waals surface area contributed by atoms with Crippen LogP contribution in [0.4, 0.5) is 10.8 Å². The molecule has 0 aliphatic heterocycles. The van der Waals surface area contributed by atoms with E-state index in [9.17, 15) is 14.4 Å². The topological polar surface area (TPSA) is 109 Å². The maximum absolute atomic E-state index is 13.8. The summed E-state index contributed by atoms with van der Waals surface area (Å²) in [4.78, 5) is 45.8. The van der Waals surface area contributed by atoms with E-state index in [0.717, 1.165) is 16.0 Å². The van der Waals surface area contributed by atoms with Crippen LogP contribution in [0.25, 0.3) is 17.3 Å². The van der Waals surface area contributed by atoms with E-state index in [1.807, 2.05) is 72.1 Å². The number of carbonyl (C=O) groups is 3. The molecule has 260 valence electrons. The van der Waals surface area contributed by atoms with Crippen LogP contribution in [0.1, 0.15) is 26.7 Å². The molecule has 1 unspecified atom stereocenters. The second kappa shape index (κ2) is 17.2. The minimum Gasteiger partial charge on any atom is -0.496 e. The molecule has 52 heavy (non-hydrogen) atoms. The van der Waals surface area contributed by atoms with Gasteiger partial charge in [-0.25, -0.2) is 4.98 Å². The highest BCUT2D eigenvalue weighted by Gasteiger charge is 2.24. The van der Waals surface area contributed by atoms with Gasteiger partial charge in [0.05, 0.1) is 22.8 Å². The third kappa shape index (κ3) is 9.09. The van der Waals surface area contributed by atoms with E-state index in [1.54, 1.807) is 67.8 Å². The Morgan fingerprint density at radius 3 is 2.23 bits per heavy atom. The lowest BCUT2D eigenvalue weighted by Crippen LogP contribution is -2.30. The summed E-state index contributed by atoms with van der Waals surface area (Å²) in [6.45, 7) is 0. The molecule has 3 N–H and O–H groups in total. The fraction of sp³-hybridized carbons (Fsp3) is 0.0500. The van der Waals surface area contributed by atoms with Crippen molar-refractivity contribution in [1.29, 1.82) is 0 Å². The van der Waals surface area contributed by atoms with E-state index < -0.39 is 17.1 Å². The summed E-state index contributed by atoms with van der Waals surface area (Å²) >= 11 is 15.3. The van der Waals surface area contributed by atoms with Crippen molar-refractivity contribution in [2.45, 2.75) is 10.1 Å². The molecule has 8 nitrogen and oxygen atoms in total. The fourth-order valence-electron chi connectivity index (χ4n) is 5.06. The van der Waals surface area contributed by atoms with Crippen molar-refractivity contribution in [2.75, 3.05) is 17.7 Å². The number of ether oxygens (including phenoxy) is 1. The third-order valence-electron chi connectivity index (χ3n) is 7.63. The van der Waals surface area contributed by atoms with Gasteiger partial charge in [-0.2, -0.15) is 0 Å². The highest BCUT2D eigenvalue weighted by Crippen LogP contribution is 2.38. The average molecular weight is 766 g/mol. The van der Waals surface area contributed by atoms with E-state index in [-0.39, 0.29) is 16.6 Å². The molecule has 0 aliphatic rings. The maximum atomic E-state index is 13.8. The van der Waals surface area contributed by atoms with Gasteiger partial charge in [0.25, 0.3) is 11.8 Å². The number of nitrogens with one attached hydrogen (secondary N) is 3. The van der Waals surface area contributed by atoms with Gasteiger partial charge in [-0.3, -0.25) is 14.4 Å². The fourth-order valence-corrected chi connectivity index (χ4v) is 7.16. The Bertz CT molecular complexity index is 2230. The van der Waals surface area contributed by atoms with E-state index in [4.69, 9.17) is 27.9 Å². The second-order valence-corrected chi connectivity index (χ2v) is 14.0. The zero-order chi connectivity index (χ0) is 36.5. The van der Waals surface area contributed by atoms with Crippen LogP contribution in [0.3, 0.4) is 0 Å². The molecule has 0 fully saturated rings. The number of aromatic nitrogens is 1. The number of hydrogen-bond donors (Lipinski definition) is 3. The van der Waals surface area contributed by atoms with Gasteiger partial charge in [0.1, 0.15) is 16.7 Å². The standard InChI is InChI=1S/C40H30Cl2N4O4S2/c1-50-34-18-9-8-16-30(34)33-24-51-40(45-33)46-39(49)36(25-11-4-2-5-12-25)52-29-21-19-28(20-22-29)43-38(48)32(23-27-15-10-17-31(41)35(27)42)44-37(47)26-13-6-3-7-14-26/h2-24,36H,1H3,(H,43,48)(H,44,47)(H,45,46,49)/b32-23-. The number of anilines is 2. The van der Waals surface area contributed by atoms with Crippen LogP contribution in [0.15, 0.2) is 143 Å². The number of halogens is 2. The number of thiazole rings is 1. The molecule has 1 aromatic heterocycles. The van der Waals surface area contributed by atoms with Crippen LogP contribution in [0, 0.1) is 0 Å². The number of hydrogen-bond acceptors (Lipinski definition) is 7. The Hall–Kier alpha value is -5.39. The van der Waals surface area contributed by atoms with Gasteiger partial charge in [-0.1, -0.05) is 96.0 Å². The lowest BCUT2D eigenvalue weighted by atomic mass is 10.1. The van der Waals surface area contributed by atoms with Crippen LogP contribution in [0.2, 0.25) is 10.0 Å². The molecule has 6 rings (SSSR count). The van der Waals surface area contributed by atoms with Crippen molar-refractivity contribution < 1.29 is 19.1 Å². The van der Waals surface area contributed by atoms with Gasteiger partial charge in [0, 0.05) is 27.1 Å². The van der Waals surface area contributed by atoms with Gasteiger partial charge in [0.15, 0.2) is 5.13 Å². The van der Waals surface area contributed by atoms with Crippen LogP contribution in [-0.4, -0.2) is 29.8 Å². The lowest BCUT2D eigenvalue weighted by Gasteiger charge is -2.17. The van der Waals surface area contributed by atoms with E-state index in [2.05, 4.69) is 20.9 Å². The van der Waals surface area contributed by atoms with E-state index in [0.29, 0.717) is 38.4 Å². The molecule has 3 amide bonds. The van der Waals surface area contributed by atoms with Crippen LogP contribution >= 0.6 is 46.3 Å². The molecule has 6 aromatic rings. The quantitative estimate of drug-likeness (QED) is 0.0846. The Labute approximate surface area is 318 Å². The first-order valence-electron chi connectivity index (χ1n) is 15.8. The normalized spacial score (nSPS) is 11.7. The van der Waals surface area contributed by atoms with Gasteiger partial charge in [-0.05, 0) is 71.8 Å². The Balaban J connectivity index is 1.18. The van der Waals surface area contributed by atoms with Crippen LogP contribution in [0.5, 0.6) is 5.75 Å². The van der Waals surface area contributed by atoms with Crippen LogP contribution < -0.4 is 20.7 Å². The summed E-state index contributed by atoms with van der Waals surface area (Å²) in [5, 5.41) is 10.8. The highest BCUT2D eigenvalue weighted by molar-refractivity contribution is 8.00. The van der Waals surface area contributed by atoms with Crippen molar-refractivity contribution >= 4 is 80.9 Å². The molecule has 5 aromatic carbocycles. The first kappa shape index (κ1) is 36.4. The molecular weight excluding hydrogens is 736 g/mol. The summed E-state index contributed by atoms with van der Waals surface area (Å²) < 4.78 is 5.48. The van der Waals surface area contributed by atoms with Crippen LogP contribution in [-0.2, 0) is 9.59 Å². The molecule has 0 saturated heterocycles. The number of para-hydroxylation sites is 1. The molecule has 12 heteroatoms. The van der Waals surface area contributed by atoms with Gasteiger partial charge < -0.3 is 20.7 Å². The number of nitrogens with zero attached hydrogens (tertiary/aromatic N) is 1. The number of rotatable bonds is 12. The SMILES string of the molecule is COc1ccccc1-c1csc(NC(=O)C(Sc2ccc(NC(=O)/C(=C/c3cccc(Cl)c3Cl)NC(=O)c3ccccc3)cc2)c2ccccc2)n1. The predicted octanol–water partition coefficient (Wildman–Crippen LogP) is 10.0. The smallest absolute Gasteiger partial charge is 0.272 e. The van der Waals surface area contributed by atoms with Gasteiger partial charge in [-0.15, -0.1) is 23.1 Å². The van der Waals surface area contributed by atoms with Crippen molar-refractivity contribution in [2.24, 2.45) is 0 Å². The van der Waals surface area contributed by atoms with Crippen molar-refractivity contribution in [3.63, 3.8) is 0 Å². The molecule has 0 bridgehead atoms. The highest BCUT2D eigenvalue weighted by atomic mass is 35.5. The molecule has 0 radical (unpaired) electrons.